The van der Waals surface area contributed by atoms with Gasteiger partial charge in [0.25, 0.3) is 0 Å². The number of ketones is 1. The molecule has 0 aliphatic carbocycles. The highest BCUT2D eigenvalue weighted by Gasteiger charge is 2.09. The Balaban J connectivity index is 1.63. The maximum Gasteiger partial charge on any atom is 0.220 e. The van der Waals surface area contributed by atoms with Crippen LogP contribution in [0.25, 0.3) is 0 Å². The van der Waals surface area contributed by atoms with Crippen LogP contribution < -0.4 is 5.32 Å². The summed E-state index contributed by atoms with van der Waals surface area (Å²) in [7, 11) is 0. The van der Waals surface area contributed by atoms with Crippen LogP contribution in [-0.4, -0.2) is 23.2 Å². The van der Waals surface area contributed by atoms with Gasteiger partial charge in [-0.1, -0.05) is 17.7 Å². The molecule has 120 valence electrons. The first-order valence-corrected chi connectivity index (χ1v) is 7.97. The number of amides is 1. The average molecular weight is 331 g/mol. The van der Waals surface area contributed by atoms with Gasteiger partial charge in [-0.3, -0.25) is 14.6 Å². The first kappa shape index (κ1) is 17.2. The van der Waals surface area contributed by atoms with Crippen LogP contribution >= 0.6 is 11.6 Å². The highest BCUT2D eigenvalue weighted by atomic mass is 35.5. The number of halogens is 1. The molecule has 1 amide bonds. The molecule has 0 saturated carbocycles. The van der Waals surface area contributed by atoms with E-state index in [4.69, 9.17) is 11.6 Å². The van der Waals surface area contributed by atoms with E-state index in [1.807, 2.05) is 18.3 Å². The number of pyridine rings is 1. The fourth-order valence-electron chi connectivity index (χ4n) is 2.16. The monoisotopic (exact) mass is 330 g/mol. The molecule has 2 rings (SSSR count). The molecule has 0 atom stereocenters. The Labute approximate surface area is 140 Å². The number of nitrogens with one attached hydrogen (secondary N) is 1. The van der Waals surface area contributed by atoms with E-state index in [9.17, 15) is 9.59 Å². The van der Waals surface area contributed by atoms with Crippen molar-refractivity contribution in [1.82, 2.24) is 10.3 Å². The van der Waals surface area contributed by atoms with Gasteiger partial charge >= 0.3 is 0 Å². The molecule has 0 unspecified atom stereocenters. The summed E-state index contributed by atoms with van der Waals surface area (Å²) >= 11 is 5.78. The van der Waals surface area contributed by atoms with Gasteiger partial charge in [0.2, 0.25) is 5.91 Å². The highest BCUT2D eigenvalue weighted by Crippen LogP contribution is 2.11. The summed E-state index contributed by atoms with van der Waals surface area (Å²) in [5.41, 5.74) is 1.73. The van der Waals surface area contributed by atoms with Crippen molar-refractivity contribution in [2.75, 3.05) is 6.54 Å². The molecule has 0 spiro atoms. The molecule has 1 heterocycles. The molecule has 0 bridgehead atoms. The van der Waals surface area contributed by atoms with Crippen molar-refractivity contribution in [3.8, 4) is 0 Å². The van der Waals surface area contributed by atoms with Crippen molar-refractivity contribution in [3.05, 3.63) is 64.9 Å². The zero-order valence-corrected chi connectivity index (χ0v) is 13.6. The van der Waals surface area contributed by atoms with Crippen LogP contribution in [0.15, 0.2) is 48.8 Å². The van der Waals surface area contributed by atoms with E-state index in [0.717, 1.165) is 18.4 Å². The lowest BCUT2D eigenvalue weighted by molar-refractivity contribution is -0.121. The standard InChI is InChI=1S/C18H19ClN2O2/c19-16-7-5-15(6-8-16)17(22)9-10-18(23)21-12-2-4-14-3-1-11-20-13-14/h1,3,5-8,11,13H,2,4,9-10,12H2,(H,21,23). The normalized spacial score (nSPS) is 10.3. The lowest BCUT2D eigenvalue weighted by Crippen LogP contribution is -2.25. The number of benzene rings is 1. The molecule has 0 saturated heterocycles. The van der Waals surface area contributed by atoms with Crippen molar-refractivity contribution >= 4 is 23.3 Å². The van der Waals surface area contributed by atoms with E-state index in [1.54, 1.807) is 30.5 Å². The zero-order valence-electron chi connectivity index (χ0n) is 12.8. The predicted molar refractivity (Wildman–Crippen MR) is 90.6 cm³/mol. The van der Waals surface area contributed by atoms with Crippen LogP contribution in [0.1, 0.15) is 35.2 Å². The Hall–Kier alpha value is -2.20. The quantitative estimate of drug-likeness (QED) is 0.595. The minimum Gasteiger partial charge on any atom is -0.356 e. The van der Waals surface area contributed by atoms with E-state index < -0.39 is 0 Å². The zero-order chi connectivity index (χ0) is 16.5. The highest BCUT2D eigenvalue weighted by molar-refractivity contribution is 6.30. The Morgan fingerprint density at radius 3 is 2.57 bits per heavy atom. The van der Waals surface area contributed by atoms with E-state index in [2.05, 4.69) is 10.3 Å². The van der Waals surface area contributed by atoms with Gasteiger partial charge in [0.05, 0.1) is 0 Å². The van der Waals surface area contributed by atoms with Crippen molar-refractivity contribution < 1.29 is 9.59 Å². The van der Waals surface area contributed by atoms with Crippen molar-refractivity contribution in [3.63, 3.8) is 0 Å². The van der Waals surface area contributed by atoms with Crippen molar-refractivity contribution in [2.45, 2.75) is 25.7 Å². The molecule has 1 aromatic heterocycles. The van der Waals surface area contributed by atoms with E-state index in [1.165, 1.54) is 0 Å². The number of nitrogens with zero attached hydrogens (tertiary/aromatic N) is 1. The molecule has 23 heavy (non-hydrogen) atoms. The van der Waals surface area contributed by atoms with Crippen LogP contribution in [0.3, 0.4) is 0 Å². The average Bonchev–Trinajstić information content (AvgIpc) is 2.58. The molecule has 0 fully saturated rings. The summed E-state index contributed by atoms with van der Waals surface area (Å²) in [4.78, 5) is 27.7. The second kappa shape index (κ2) is 9.06. The Bertz CT molecular complexity index is 642. The van der Waals surface area contributed by atoms with Gasteiger partial charge in [-0.2, -0.15) is 0 Å². The summed E-state index contributed by atoms with van der Waals surface area (Å²) in [6, 6.07) is 10.6. The summed E-state index contributed by atoms with van der Waals surface area (Å²) in [6.07, 6.45) is 5.69. The van der Waals surface area contributed by atoms with Gasteiger partial charge in [-0.05, 0) is 48.7 Å². The molecule has 1 N–H and O–H groups in total. The smallest absolute Gasteiger partial charge is 0.220 e. The number of aryl methyl sites for hydroxylation is 1. The Morgan fingerprint density at radius 2 is 1.87 bits per heavy atom. The Kier molecular flexibility index (Phi) is 6.76. The summed E-state index contributed by atoms with van der Waals surface area (Å²) < 4.78 is 0. The summed E-state index contributed by atoms with van der Waals surface area (Å²) in [5.74, 6) is -0.148. The Morgan fingerprint density at radius 1 is 1.09 bits per heavy atom. The second-order valence-corrected chi connectivity index (χ2v) is 5.68. The van der Waals surface area contributed by atoms with Crippen LogP contribution in [-0.2, 0) is 11.2 Å². The molecule has 5 heteroatoms. The third-order valence-corrected chi connectivity index (χ3v) is 3.68. The van der Waals surface area contributed by atoms with Gasteiger partial charge < -0.3 is 5.32 Å². The fraction of sp³-hybridized carbons (Fsp3) is 0.278. The largest absolute Gasteiger partial charge is 0.356 e. The topological polar surface area (TPSA) is 59.1 Å². The van der Waals surface area contributed by atoms with Gasteiger partial charge in [-0.15, -0.1) is 0 Å². The summed E-state index contributed by atoms with van der Waals surface area (Å²) in [6.45, 7) is 0.600. The molecule has 0 aliphatic rings. The van der Waals surface area contributed by atoms with Gasteiger partial charge in [-0.25, -0.2) is 0 Å². The molecule has 2 aromatic rings. The van der Waals surface area contributed by atoms with E-state index in [-0.39, 0.29) is 24.5 Å². The van der Waals surface area contributed by atoms with Crippen LogP contribution in [0, 0.1) is 0 Å². The third-order valence-electron chi connectivity index (χ3n) is 3.43. The molecular formula is C18H19ClN2O2. The molecule has 4 nitrogen and oxygen atoms in total. The SMILES string of the molecule is O=C(CCC(=O)c1ccc(Cl)cc1)NCCCc1cccnc1. The minimum absolute atomic E-state index is 0.0489. The molecule has 0 aliphatic heterocycles. The van der Waals surface area contributed by atoms with Crippen LogP contribution in [0.5, 0.6) is 0 Å². The number of aromatic nitrogens is 1. The van der Waals surface area contributed by atoms with Gasteiger partial charge in [0.1, 0.15) is 0 Å². The maximum absolute atomic E-state index is 11.9. The number of carbonyl (C=O) groups excluding carboxylic acids is 2. The van der Waals surface area contributed by atoms with Crippen molar-refractivity contribution in [1.29, 1.82) is 0 Å². The fourth-order valence-corrected chi connectivity index (χ4v) is 2.29. The lowest BCUT2D eigenvalue weighted by atomic mass is 10.1. The lowest BCUT2D eigenvalue weighted by Gasteiger charge is -2.05. The maximum atomic E-state index is 11.9. The second-order valence-electron chi connectivity index (χ2n) is 5.24. The van der Waals surface area contributed by atoms with Gasteiger partial charge in [0.15, 0.2) is 5.78 Å². The minimum atomic E-state index is -0.0986. The molecule has 1 aromatic carbocycles. The van der Waals surface area contributed by atoms with Gasteiger partial charge in [0, 0.05) is 42.4 Å². The number of carbonyl (C=O) groups is 2. The number of hydrogen-bond acceptors (Lipinski definition) is 3. The van der Waals surface area contributed by atoms with E-state index in [0.29, 0.717) is 17.1 Å². The number of rotatable bonds is 8. The molecular weight excluding hydrogens is 312 g/mol. The summed E-state index contributed by atoms with van der Waals surface area (Å²) in [5, 5.41) is 3.43. The number of Topliss-reactive ketones (excluding diaryl/α,β-unsaturated/α-hetero) is 1. The molecule has 0 radical (unpaired) electrons. The predicted octanol–water partition coefficient (Wildman–Crippen LogP) is 3.45. The van der Waals surface area contributed by atoms with Crippen LogP contribution in [0.4, 0.5) is 0 Å². The van der Waals surface area contributed by atoms with E-state index >= 15 is 0 Å². The van der Waals surface area contributed by atoms with Crippen molar-refractivity contribution in [2.24, 2.45) is 0 Å². The van der Waals surface area contributed by atoms with Crippen LogP contribution in [0.2, 0.25) is 5.02 Å². The number of hydrogen-bond donors (Lipinski definition) is 1. The first-order valence-electron chi connectivity index (χ1n) is 7.59. The first-order chi connectivity index (χ1) is 11.1. The third kappa shape index (κ3) is 6.20.